The molecule has 2 aliphatic rings. The topological polar surface area (TPSA) is 36.1 Å². The molecule has 0 aromatic heterocycles. The van der Waals surface area contributed by atoms with Gasteiger partial charge in [-0.1, -0.05) is 42.5 Å². The van der Waals surface area contributed by atoms with E-state index in [1.165, 1.54) is 21.9 Å². The molecule has 2 heterocycles. The lowest BCUT2D eigenvalue weighted by Crippen LogP contribution is -2.46. The summed E-state index contributed by atoms with van der Waals surface area (Å²) < 4.78 is 0. The fourth-order valence-corrected chi connectivity index (χ4v) is 3.11. The molecule has 1 unspecified atom stereocenters. The summed E-state index contributed by atoms with van der Waals surface area (Å²) in [6, 6.07) is 15.8. The number of benzene rings is 2. The zero-order valence-corrected chi connectivity index (χ0v) is 11.4. The average molecular weight is 265 g/mol. The van der Waals surface area contributed by atoms with Gasteiger partial charge in [-0.2, -0.15) is 0 Å². The van der Waals surface area contributed by atoms with E-state index in [-0.39, 0.29) is 0 Å². The van der Waals surface area contributed by atoms with Crippen LogP contribution in [0.5, 0.6) is 0 Å². The molecule has 0 amide bonds. The third-order valence-electron chi connectivity index (χ3n) is 4.41. The summed E-state index contributed by atoms with van der Waals surface area (Å²) in [7, 11) is 0. The predicted octanol–water partition coefficient (Wildman–Crippen LogP) is 1.96. The molecule has 2 aromatic carbocycles. The molecule has 20 heavy (non-hydrogen) atoms. The van der Waals surface area contributed by atoms with Crippen molar-refractivity contribution in [2.45, 2.75) is 12.5 Å². The molecule has 1 atom stereocenters. The molecule has 0 bridgehead atoms. The van der Waals surface area contributed by atoms with Crippen molar-refractivity contribution in [3.63, 3.8) is 0 Å². The quantitative estimate of drug-likeness (QED) is 0.794. The van der Waals surface area contributed by atoms with Crippen LogP contribution in [0.15, 0.2) is 54.2 Å². The van der Waals surface area contributed by atoms with E-state index in [0.717, 1.165) is 19.5 Å². The van der Waals surface area contributed by atoms with Gasteiger partial charge >= 0.3 is 0 Å². The van der Waals surface area contributed by atoms with Crippen LogP contribution in [0.1, 0.15) is 5.56 Å². The van der Waals surface area contributed by atoms with Crippen LogP contribution >= 0.6 is 0 Å². The maximum absolute atomic E-state index is 3.38. The molecular formula is C17H19N3. The summed E-state index contributed by atoms with van der Waals surface area (Å²) in [4.78, 5) is 0. The molecule has 0 aliphatic carbocycles. The van der Waals surface area contributed by atoms with Crippen molar-refractivity contribution >= 4 is 10.8 Å². The second-order valence-corrected chi connectivity index (χ2v) is 5.73. The molecule has 1 saturated heterocycles. The summed E-state index contributed by atoms with van der Waals surface area (Å²) in [5, 5.41) is 5.99. The lowest BCUT2D eigenvalue weighted by molar-refractivity contribution is 0.376. The number of fused-ring (bicyclic) bond motifs is 1. The summed E-state index contributed by atoms with van der Waals surface area (Å²) in [5.74, 6) is 0.697. The third kappa shape index (κ3) is 2.09. The van der Waals surface area contributed by atoms with Crippen LogP contribution in [0, 0.1) is 5.92 Å². The van der Waals surface area contributed by atoms with Gasteiger partial charge < -0.3 is 10.7 Å². The lowest BCUT2D eigenvalue weighted by Gasteiger charge is -2.31. The van der Waals surface area contributed by atoms with Crippen molar-refractivity contribution in [3.8, 4) is 0 Å². The Balaban J connectivity index is 1.56. The maximum Gasteiger partial charge on any atom is 0.0531 e. The van der Waals surface area contributed by atoms with Crippen molar-refractivity contribution in [1.82, 2.24) is 16.2 Å². The molecule has 3 heteroatoms. The van der Waals surface area contributed by atoms with E-state index in [9.17, 15) is 0 Å². The Bertz CT molecular complexity index is 658. The van der Waals surface area contributed by atoms with Gasteiger partial charge in [0.15, 0.2) is 0 Å². The van der Waals surface area contributed by atoms with Crippen LogP contribution in [0.2, 0.25) is 0 Å². The molecule has 3 nitrogen and oxygen atoms in total. The SMILES string of the molecule is C1=C(C2CNC2)C(Cc2ccc3ccccc3c2)NN1. The molecule has 2 aliphatic heterocycles. The summed E-state index contributed by atoms with van der Waals surface area (Å²) in [6.07, 6.45) is 3.19. The van der Waals surface area contributed by atoms with E-state index in [1.54, 1.807) is 0 Å². The minimum absolute atomic E-state index is 0.420. The summed E-state index contributed by atoms with van der Waals surface area (Å²) in [5.41, 5.74) is 9.47. The molecule has 4 rings (SSSR count). The van der Waals surface area contributed by atoms with Crippen LogP contribution in [0.25, 0.3) is 10.8 Å². The first-order valence-corrected chi connectivity index (χ1v) is 7.29. The van der Waals surface area contributed by atoms with Gasteiger partial charge in [0.2, 0.25) is 0 Å². The van der Waals surface area contributed by atoms with Crippen LogP contribution < -0.4 is 16.2 Å². The first-order valence-electron chi connectivity index (χ1n) is 7.29. The summed E-state index contributed by atoms with van der Waals surface area (Å²) in [6.45, 7) is 2.23. The van der Waals surface area contributed by atoms with Crippen molar-refractivity contribution in [2.75, 3.05) is 13.1 Å². The van der Waals surface area contributed by atoms with Crippen molar-refractivity contribution < 1.29 is 0 Å². The number of nitrogens with one attached hydrogen (secondary N) is 3. The van der Waals surface area contributed by atoms with Gasteiger partial charge in [0.05, 0.1) is 6.04 Å². The van der Waals surface area contributed by atoms with Gasteiger partial charge in [0.25, 0.3) is 0 Å². The third-order valence-corrected chi connectivity index (χ3v) is 4.41. The molecule has 2 aromatic rings. The Morgan fingerprint density at radius 3 is 2.65 bits per heavy atom. The molecule has 102 valence electrons. The minimum Gasteiger partial charge on any atom is -0.328 e. The highest BCUT2D eigenvalue weighted by Crippen LogP contribution is 2.24. The molecule has 3 N–H and O–H groups in total. The van der Waals surface area contributed by atoms with Gasteiger partial charge in [-0.3, -0.25) is 0 Å². The van der Waals surface area contributed by atoms with E-state index in [1.807, 2.05) is 0 Å². The normalized spacial score (nSPS) is 22.4. The number of hydrazine groups is 1. The van der Waals surface area contributed by atoms with Crippen LogP contribution in [0.4, 0.5) is 0 Å². The standard InChI is InChI=1S/C17H19N3/c1-2-4-14-7-12(5-6-13(14)3-1)8-17-16(11-19-20-17)15-9-18-10-15/h1-7,11,15,17-20H,8-10H2. The molecular weight excluding hydrogens is 246 g/mol. The van der Waals surface area contributed by atoms with E-state index >= 15 is 0 Å². The van der Waals surface area contributed by atoms with Crippen LogP contribution in [-0.4, -0.2) is 19.1 Å². The average Bonchev–Trinajstić information content (AvgIpc) is 2.85. The van der Waals surface area contributed by atoms with Gasteiger partial charge in [-0.15, -0.1) is 0 Å². The Kier molecular flexibility index (Phi) is 2.94. The second kappa shape index (κ2) is 4.93. The largest absolute Gasteiger partial charge is 0.328 e. The second-order valence-electron chi connectivity index (χ2n) is 5.73. The van der Waals surface area contributed by atoms with E-state index in [0.29, 0.717) is 12.0 Å². The zero-order valence-electron chi connectivity index (χ0n) is 11.4. The van der Waals surface area contributed by atoms with Gasteiger partial charge in [-0.05, 0) is 28.3 Å². The van der Waals surface area contributed by atoms with Gasteiger partial charge in [-0.25, -0.2) is 5.43 Å². The van der Waals surface area contributed by atoms with Crippen LogP contribution in [-0.2, 0) is 6.42 Å². The van der Waals surface area contributed by atoms with Crippen molar-refractivity contribution in [3.05, 3.63) is 59.8 Å². The first kappa shape index (κ1) is 11.9. The minimum atomic E-state index is 0.420. The molecule has 0 radical (unpaired) electrons. The number of hydrogen-bond acceptors (Lipinski definition) is 3. The summed E-state index contributed by atoms with van der Waals surface area (Å²) >= 11 is 0. The molecule has 0 saturated carbocycles. The van der Waals surface area contributed by atoms with Gasteiger partial charge in [0.1, 0.15) is 0 Å². The zero-order chi connectivity index (χ0) is 13.4. The van der Waals surface area contributed by atoms with Crippen molar-refractivity contribution in [2.24, 2.45) is 5.92 Å². The monoisotopic (exact) mass is 265 g/mol. The predicted molar refractivity (Wildman–Crippen MR) is 82.2 cm³/mol. The Morgan fingerprint density at radius 2 is 1.85 bits per heavy atom. The van der Waals surface area contributed by atoms with E-state index in [2.05, 4.69) is 64.8 Å². The molecule has 1 fully saturated rings. The first-order chi connectivity index (χ1) is 9.90. The highest BCUT2D eigenvalue weighted by molar-refractivity contribution is 5.83. The highest BCUT2D eigenvalue weighted by atomic mass is 15.4. The fourth-order valence-electron chi connectivity index (χ4n) is 3.11. The Labute approximate surface area is 119 Å². The fraction of sp³-hybridized carbons (Fsp3) is 0.294. The number of hydrogen-bond donors (Lipinski definition) is 3. The van der Waals surface area contributed by atoms with E-state index in [4.69, 9.17) is 0 Å². The lowest BCUT2D eigenvalue weighted by atomic mass is 9.87. The van der Waals surface area contributed by atoms with Gasteiger partial charge in [0, 0.05) is 25.2 Å². The van der Waals surface area contributed by atoms with Crippen LogP contribution in [0.3, 0.4) is 0 Å². The Morgan fingerprint density at radius 1 is 1.00 bits per heavy atom. The maximum atomic E-state index is 3.38. The molecule has 0 spiro atoms. The van der Waals surface area contributed by atoms with Crippen molar-refractivity contribution in [1.29, 1.82) is 0 Å². The number of rotatable bonds is 3. The van der Waals surface area contributed by atoms with E-state index < -0.39 is 0 Å². The highest BCUT2D eigenvalue weighted by Gasteiger charge is 2.29. The Hall–Kier alpha value is -1.84. The smallest absolute Gasteiger partial charge is 0.0531 e.